The molecule has 0 aromatic carbocycles. The maximum atomic E-state index is 14.2. The van der Waals surface area contributed by atoms with Gasteiger partial charge in [-0.25, -0.2) is 0 Å². The molecule has 0 radical (unpaired) electrons. The van der Waals surface area contributed by atoms with Crippen LogP contribution in [0.5, 0.6) is 0 Å². The van der Waals surface area contributed by atoms with Crippen molar-refractivity contribution in [2.45, 2.75) is 86.5 Å². The zero-order valence-electron chi connectivity index (χ0n) is 18.2. The third-order valence-electron chi connectivity index (χ3n) is 5.14. The molecule has 0 atom stereocenters. The van der Waals surface area contributed by atoms with Crippen molar-refractivity contribution >= 4 is 49.5 Å². The number of hydrogen-bond acceptors (Lipinski definition) is 5. The molecule has 1 aliphatic heterocycles. The first-order chi connectivity index (χ1) is 13.0. The van der Waals surface area contributed by atoms with Crippen LogP contribution in [0.3, 0.4) is 0 Å². The van der Waals surface area contributed by atoms with Crippen molar-refractivity contribution in [3.63, 3.8) is 0 Å². The van der Waals surface area contributed by atoms with Crippen LogP contribution in [-0.2, 0) is 13.6 Å². The molecule has 160 valence electrons. The van der Waals surface area contributed by atoms with Crippen molar-refractivity contribution in [1.29, 1.82) is 0 Å². The van der Waals surface area contributed by atoms with Gasteiger partial charge in [-0.15, -0.1) is 0 Å². The fraction of sp³-hybridized carbons (Fsp3) is 0.900. The number of hydrogen-bond donors (Lipinski definition) is 0. The first-order valence-electron chi connectivity index (χ1n) is 10.9. The van der Waals surface area contributed by atoms with Crippen molar-refractivity contribution in [2.24, 2.45) is 0 Å². The summed E-state index contributed by atoms with van der Waals surface area (Å²) < 4.78 is 32.6. The Hall–Kier alpha value is 1.39. The van der Waals surface area contributed by atoms with Crippen LogP contribution in [0.25, 0.3) is 0 Å². The summed E-state index contributed by atoms with van der Waals surface area (Å²) in [7, 11) is -3.19. The van der Waals surface area contributed by atoms with Crippen molar-refractivity contribution in [1.82, 2.24) is 0 Å². The van der Waals surface area contributed by atoms with Gasteiger partial charge in [0.25, 0.3) is 0 Å². The van der Waals surface area contributed by atoms with Gasteiger partial charge in [0, 0.05) is 0 Å². The average Bonchev–Trinajstić information content (AvgIpc) is 3.17. The molecular formula is C20H41O3PS2Sn. The minimum absolute atomic E-state index is 0.459. The van der Waals surface area contributed by atoms with Gasteiger partial charge in [-0.1, -0.05) is 0 Å². The van der Waals surface area contributed by atoms with Crippen LogP contribution in [0.15, 0.2) is 7.57 Å². The third-order valence-corrected chi connectivity index (χ3v) is 31.5. The van der Waals surface area contributed by atoms with E-state index >= 15 is 0 Å². The molecule has 1 heterocycles. The molecule has 1 saturated heterocycles. The molecule has 0 N–H and O–H groups in total. The van der Waals surface area contributed by atoms with Gasteiger partial charge >= 0.3 is 182 Å². The summed E-state index contributed by atoms with van der Waals surface area (Å²) in [5.74, 6) is 2.25. The topological polar surface area (TPSA) is 35.5 Å². The predicted octanol–water partition coefficient (Wildman–Crippen LogP) is 8.29. The van der Waals surface area contributed by atoms with Gasteiger partial charge in [0.05, 0.1) is 0 Å². The summed E-state index contributed by atoms with van der Waals surface area (Å²) in [6, 6.07) is 0. The molecule has 27 heavy (non-hydrogen) atoms. The standard InChI is InChI=1S/C8H14O3PS2.3C4H9.Sn/c1-3-10-12(9,11-4-2)7-8-13-5-6-14-8;3*1-3-4-2;/h3-6H2,1-2H3;3*1,3-4H2,2H3;. The van der Waals surface area contributed by atoms with Crippen LogP contribution in [0.1, 0.15) is 73.1 Å². The fourth-order valence-electron chi connectivity index (χ4n) is 3.85. The zero-order valence-corrected chi connectivity index (χ0v) is 23.6. The van der Waals surface area contributed by atoms with Crippen molar-refractivity contribution in [2.75, 3.05) is 24.7 Å². The van der Waals surface area contributed by atoms with Crippen molar-refractivity contribution in [3.05, 3.63) is 7.57 Å². The molecule has 0 saturated carbocycles. The van der Waals surface area contributed by atoms with E-state index in [9.17, 15) is 4.57 Å². The van der Waals surface area contributed by atoms with Crippen LogP contribution >= 0.6 is 31.1 Å². The van der Waals surface area contributed by atoms with E-state index in [4.69, 9.17) is 9.05 Å². The zero-order chi connectivity index (χ0) is 20.2. The predicted molar refractivity (Wildman–Crippen MR) is 128 cm³/mol. The Morgan fingerprint density at radius 2 is 1.26 bits per heavy atom. The van der Waals surface area contributed by atoms with E-state index in [0.29, 0.717) is 13.2 Å². The molecule has 0 bridgehead atoms. The molecular weight excluding hydrogens is 502 g/mol. The molecule has 3 nitrogen and oxygen atoms in total. The second-order valence-electron chi connectivity index (χ2n) is 7.26. The van der Waals surface area contributed by atoms with E-state index in [2.05, 4.69) is 20.8 Å². The van der Waals surface area contributed by atoms with Gasteiger partial charge in [-0.05, 0) is 0 Å². The fourth-order valence-corrected chi connectivity index (χ4v) is 35.6. The quantitative estimate of drug-likeness (QED) is 0.153. The molecule has 1 rings (SSSR count). The van der Waals surface area contributed by atoms with E-state index in [1.807, 2.05) is 37.4 Å². The summed E-state index contributed by atoms with van der Waals surface area (Å²) in [6.07, 6.45) is 7.42. The molecule has 0 aliphatic carbocycles. The molecule has 7 heteroatoms. The second kappa shape index (κ2) is 14.4. The Kier molecular flexibility index (Phi) is 14.1. The Bertz CT molecular complexity index is 460. The van der Waals surface area contributed by atoms with E-state index < -0.39 is 26.0 Å². The van der Waals surface area contributed by atoms with Gasteiger partial charge in [0.2, 0.25) is 0 Å². The molecule has 0 aromatic rings. The van der Waals surface area contributed by atoms with Gasteiger partial charge in [-0.2, -0.15) is 0 Å². The van der Waals surface area contributed by atoms with Crippen LogP contribution in [0.4, 0.5) is 0 Å². The van der Waals surface area contributed by atoms with Gasteiger partial charge < -0.3 is 0 Å². The normalized spacial score (nSPS) is 15.5. The summed E-state index contributed by atoms with van der Waals surface area (Å²) in [5, 5.41) is 0. The Morgan fingerprint density at radius 1 is 0.852 bits per heavy atom. The first-order valence-corrected chi connectivity index (χ1v) is 21.9. The van der Waals surface area contributed by atoms with E-state index in [1.54, 1.807) is 0 Å². The SMILES string of the molecule is CCC[CH2][Sn]([CH2]CCC)([CH2]CCC)[C](=C1SCCS1)P(=O)(OCC)OCC. The summed E-state index contributed by atoms with van der Waals surface area (Å²) in [6.45, 7) is 11.7. The molecule has 0 aromatic heterocycles. The molecule has 0 amide bonds. The van der Waals surface area contributed by atoms with E-state index in [-0.39, 0.29) is 0 Å². The van der Waals surface area contributed by atoms with Crippen molar-refractivity contribution in [3.8, 4) is 0 Å². The molecule has 0 unspecified atom stereocenters. The van der Waals surface area contributed by atoms with E-state index in [1.165, 1.54) is 59.4 Å². The van der Waals surface area contributed by atoms with Gasteiger partial charge in [0.1, 0.15) is 0 Å². The molecule has 1 fully saturated rings. The third kappa shape index (κ3) is 7.86. The Morgan fingerprint density at radius 3 is 1.59 bits per heavy atom. The van der Waals surface area contributed by atoms with Crippen LogP contribution in [-0.4, -0.2) is 43.1 Å². The van der Waals surface area contributed by atoms with Crippen LogP contribution < -0.4 is 0 Å². The van der Waals surface area contributed by atoms with Crippen molar-refractivity contribution < 1.29 is 13.6 Å². The summed E-state index contributed by atoms with van der Waals surface area (Å²) in [4.78, 5) is 0. The minimum atomic E-state index is -3.19. The number of unbranched alkanes of at least 4 members (excludes halogenated alkanes) is 3. The van der Waals surface area contributed by atoms with Crippen LogP contribution in [0, 0.1) is 0 Å². The Balaban J connectivity index is 3.55. The van der Waals surface area contributed by atoms with Gasteiger partial charge in [-0.3, -0.25) is 0 Å². The number of rotatable bonds is 15. The summed E-state index contributed by atoms with van der Waals surface area (Å²) >= 11 is 0.936. The second-order valence-corrected chi connectivity index (χ2v) is 25.9. The van der Waals surface area contributed by atoms with Crippen LogP contribution in [0.2, 0.25) is 13.3 Å². The summed E-state index contributed by atoms with van der Waals surface area (Å²) in [5.41, 5.74) is 0. The number of thioether (sulfide) groups is 2. The van der Waals surface area contributed by atoms with Gasteiger partial charge in [0.15, 0.2) is 0 Å². The monoisotopic (exact) mass is 544 g/mol. The molecule has 1 aliphatic rings. The Labute approximate surface area is 181 Å². The maximum absolute atomic E-state index is 14.2. The average molecular weight is 543 g/mol. The first kappa shape index (κ1) is 26.4. The van der Waals surface area contributed by atoms with E-state index in [0.717, 1.165) is 11.5 Å². The molecule has 0 spiro atoms.